The van der Waals surface area contributed by atoms with Crippen LogP contribution in [0.3, 0.4) is 0 Å². The van der Waals surface area contributed by atoms with E-state index in [4.69, 9.17) is 0 Å². The lowest BCUT2D eigenvalue weighted by Gasteiger charge is -2.17. The van der Waals surface area contributed by atoms with E-state index in [0.717, 1.165) is 25.9 Å². The molecule has 2 heterocycles. The van der Waals surface area contributed by atoms with Crippen LogP contribution in [-0.2, 0) is 0 Å². The predicted molar refractivity (Wildman–Crippen MR) is 95.9 cm³/mol. The molecule has 25 heavy (non-hydrogen) atoms. The summed E-state index contributed by atoms with van der Waals surface area (Å²) < 4.78 is 0. The molecular weight excluding hydrogens is 320 g/mol. The smallest absolute Gasteiger partial charge is 0.293 e. The number of fused-ring (bicyclic) bond motifs is 1. The van der Waals surface area contributed by atoms with E-state index in [1.807, 2.05) is 4.90 Å². The van der Waals surface area contributed by atoms with Crippen LogP contribution in [-0.4, -0.2) is 28.0 Å². The Hall–Kier alpha value is -3.22. The molecule has 0 bridgehead atoms. The maximum atomic E-state index is 12.2. The maximum Gasteiger partial charge on any atom is 0.293 e. The number of anilines is 1. The zero-order valence-corrected chi connectivity index (χ0v) is 13.4. The third-order valence-corrected chi connectivity index (χ3v) is 4.51. The van der Waals surface area contributed by atoms with Crippen molar-refractivity contribution in [2.45, 2.75) is 12.8 Å². The number of benzene rings is 2. The normalized spacial score (nSPS) is 14.2. The van der Waals surface area contributed by atoms with Gasteiger partial charge in [-0.05, 0) is 37.1 Å². The molecule has 126 valence electrons. The molecule has 1 N–H and O–H groups in total. The van der Waals surface area contributed by atoms with Crippen molar-refractivity contribution >= 4 is 22.3 Å². The zero-order chi connectivity index (χ0) is 17.4. The number of hydrogen-bond donors (Lipinski definition) is 1. The molecule has 0 spiro atoms. The Labute approximate surface area is 143 Å². The van der Waals surface area contributed by atoms with Gasteiger partial charge in [0.05, 0.1) is 15.8 Å². The summed E-state index contributed by atoms with van der Waals surface area (Å²) in [5, 5.41) is 12.0. The van der Waals surface area contributed by atoms with Crippen LogP contribution < -0.4 is 10.5 Å². The number of aromatic nitrogens is 2. The summed E-state index contributed by atoms with van der Waals surface area (Å²) in [7, 11) is 0. The largest absolute Gasteiger partial charge is 0.366 e. The minimum absolute atomic E-state index is 0.0372. The molecule has 1 aromatic heterocycles. The van der Waals surface area contributed by atoms with E-state index in [1.165, 1.54) is 6.07 Å². The minimum atomic E-state index is -0.379. The summed E-state index contributed by atoms with van der Waals surface area (Å²) in [6.45, 7) is 1.65. The molecule has 1 fully saturated rings. The third kappa shape index (κ3) is 2.73. The first-order chi connectivity index (χ1) is 12.1. The highest BCUT2D eigenvalue weighted by Gasteiger charge is 2.23. The van der Waals surface area contributed by atoms with Gasteiger partial charge >= 0.3 is 0 Å². The Morgan fingerprint density at radius 3 is 2.64 bits per heavy atom. The van der Waals surface area contributed by atoms with Gasteiger partial charge in [-0.15, -0.1) is 0 Å². The van der Waals surface area contributed by atoms with E-state index in [2.05, 4.69) is 9.97 Å². The van der Waals surface area contributed by atoms with Crippen molar-refractivity contribution in [1.82, 2.24) is 9.97 Å². The summed E-state index contributed by atoms with van der Waals surface area (Å²) in [5.41, 5.74) is 1.49. The average molecular weight is 336 g/mol. The quantitative estimate of drug-likeness (QED) is 0.586. The molecule has 0 aliphatic carbocycles. The van der Waals surface area contributed by atoms with Crippen LogP contribution in [0.5, 0.6) is 0 Å². The number of hydrogen-bond acceptors (Lipinski definition) is 5. The number of para-hydroxylation sites is 1. The second-order valence-corrected chi connectivity index (χ2v) is 6.09. The molecule has 0 radical (unpaired) electrons. The zero-order valence-electron chi connectivity index (χ0n) is 13.4. The Morgan fingerprint density at radius 1 is 1.12 bits per heavy atom. The minimum Gasteiger partial charge on any atom is -0.366 e. The molecule has 0 amide bonds. The molecule has 0 saturated carbocycles. The van der Waals surface area contributed by atoms with E-state index >= 15 is 0 Å². The Bertz CT molecular complexity index is 1020. The SMILES string of the molecule is O=c1[nH]c(-c2ccc(N3CCCC3)c([N+](=O)[O-])c2)nc2ccccc12. The van der Waals surface area contributed by atoms with Crippen LogP contribution in [0, 0.1) is 10.1 Å². The van der Waals surface area contributed by atoms with Crippen molar-refractivity contribution in [2.75, 3.05) is 18.0 Å². The molecule has 3 aromatic rings. The van der Waals surface area contributed by atoms with Crippen molar-refractivity contribution in [2.24, 2.45) is 0 Å². The van der Waals surface area contributed by atoms with Gasteiger partial charge in [0.25, 0.3) is 11.2 Å². The molecular formula is C18H16N4O3. The van der Waals surface area contributed by atoms with Gasteiger partial charge in [0.15, 0.2) is 0 Å². The van der Waals surface area contributed by atoms with E-state index in [9.17, 15) is 14.9 Å². The lowest BCUT2D eigenvalue weighted by molar-refractivity contribution is -0.384. The predicted octanol–water partition coefficient (Wildman–Crippen LogP) is 3.10. The number of H-pyrrole nitrogens is 1. The van der Waals surface area contributed by atoms with Crippen LogP contribution in [0.25, 0.3) is 22.3 Å². The summed E-state index contributed by atoms with van der Waals surface area (Å²) in [6, 6.07) is 12.0. The van der Waals surface area contributed by atoms with Crippen molar-refractivity contribution < 1.29 is 4.92 Å². The molecule has 4 rings (SSSR count). The monoisotopic (exact) mass is 336 g/mol. The van der Waals surface area contributed by atoms with Gasteiger partial charge in [0.1, 0.15) is 11.5 Å². The molecule has 7 nitrogen and oxygen atoms in total. The Kier molecular flexibility index (Phi) is 3.68. The number of aromatic amines is 1. The van der Waals surface area contributed by atoms with E-state index in [-0.39, 0.29) is 16.2 Å². The number of nitro groups is 1. The fourth-order valence-corrected chi connectivity index (χ4v) is 3.27. The number of rotatable bonds is 3. The number of nitro benzene ring substituents is 1. The molecule has 1 saturated heterocycles. The summed E-state index contributed by atoms with van der Waals surface area (Å²) in [5.74, 6) is 0.333. The molecule has 1 aliphatic heterocycles. The highest BCUT2D eigenvalue weighted by atomic mass is 16.6. The highest BCUT2D eigenvalue weighted by Crippen LogP contribution is 2.34. The van der Waals surface area contributed by atoms with Crippen LogP contribution in [0.2, 0.25) is 0 Å². The van der Waals surface area contributed by atoms with Gasteiger partial charge in [-0.2, -0.15) is 0 Å². The summed E-state index contributed by atoms with van der Waals surface area (Å²) in [6.07, 6.45) is 2.08. The van der Waals surface area contributed by atoms with Crippen molar-refractivity contribution in [3.8, 4) is 11.4 Å². The molecule has 7 heteroatoms. The van der Waals surface area contributed by atoms with Gasteiger partial charge in [0.2, 0.25) is 0 Å². The van der Waals surface area contributed by atoms with E-state index < -0.39 is 0 Å². The van der Waals surface area contributed by atoms with E-state index in [1.54, 1.807) is 36.4 Å². The first kappa shape index (κ1) is 15.3. The van der Waals surface area contributed by atoms with Crippen LogP contribution in [0.4, 0.5) is 11.4 Å². The van der Waals surface area contributed by atoms with Gasteiger partial charge < -0.3 is 9.88 Å². The van der Waals surface area contributed by atoms with Gasteiger partial charge in [-0.1, -0.05) is 12.1 Å². The summed E-state index contributed by atoms with van der Waals surface area (Å²) >= 11 is 0. The van der Waals surface area contributed by atoms with Gasteiger partial charge in [-0.3, -0.25) is 14.9 Å². The Balaban J connectivity index is 1.84. The van der Waals surface area contributed by atoms with E-state index in [0.29, 0.717) is 28.0 Å². The van der Waals surface area contributed by atoms with Crippen LogP contribution >= 0.6 is 0 Å². The number of nitrogens with one attached hydrogen (secondary N) is 1. The Morgan fingerprint density at radius 2 is 1.88 bits per heavy atom. The second-order valence-electron chi connectivity index (χ2n) is 6.09. The van der Waals surface area contributed by atoms with Gasteiger partial charge in [-0.25, -0.2) is 4.98 Å². The lowest BCUT2D eigenvalue weighted by Crippen LogP contribution is -2.19. The lowest BCUT2D eigenvalue weighted by atomic mass is 10.1. The number of nitrogens with zero attached hydrogens (tertiary/aromatic N) is 3. The molecule has 1 aliphatic rings. The third-order valence-electron chi connectivity index (χ3n) is 4.51. The summed E-state index contributed by atoms with van der Waals surface area (Å²) in [4.78, 5) is 32.6. The van der Waals surface area contributed by atoms with Crippen molar-refractivity contribution in [3.05, 3.63) is 62.9 Å². The fourth-order valence-electron chi connectivity index (χ4n) is 3.27. The molecule has 2 aromatic carbocycles. The highest BCUT2D eigenvalue weighted by molar-refractivity contribution is 5.80. The molecule has 0 atom stereocenters. The second kappa shape index (κ2) is 6.01. The maximum absolute atomic E-state index is 12.2. The first-order valence-electron chi connectivity index (χ1n) is 8.16. The van der Waals surface area contributed by atoms with Crippen LogP contribution in [0.15, 0.2) is 47.3 Å². The van der Waals surface area contributed by atoms with Gasteiger partial charge in [0, 0.05) is 24.7 Å². The standard InChI is InChI=1S/C18H16N4O3/c23-18-13-5-1-2-6-14(13)19-17(20-18)12-7-8-15(16(11-12)22(24)25)21-9-3-4-10-21/h1-2,5-8,11H,3-4,9-10H2,(H,19,20,23). The first-order valence-corrected chi connectivity index (χ1v) is 8.16. The van der Waals surface area contributed by atoms with Crippen molar-refractivity contribution in [1.29, 1.82) is 0 Å². The average Bonchev–Trinajstić information content (AvgIpc) is 3.15. The van der Waals surface area contributed by atoms with Crippen LogP contribution in [0.1, 0.15) is 12.8 Å². The molecule has 0 unspecified atom stereocenters. The topological polar surface area (TPSA) is 92.1 Å². The fraction of sp³-hybridized carbons (Fsp3) is 0.222. The van der Waals surface area contributed by atoms with Crippen molar-refractivity contribution in [3.63, 3.8) is 0 Å².